The van der Waals surface area contributed by atoms with Gasteiger partial charge in [-0.05, 0) is 61.7 Å². The van der Waals surface area contributed by atoms with E-state index in [0.717, 1.165) is 34.7 Å². The Morgan fingerprint density at radius 3 is 2.16 bits per heavy atom. The molecule has 0 aliphatic heterocycles. The average molecular weight is 275 g/mol. The Hall–Kier alpha value is -0.770. The highest BCUT2D eigenvalue weighted by Gasteiger charge is 2.47. The van der Waals surface area contributed by atoms with Gasteiger partial charge in [0.15, 0.2) is 5.16 Å². The first kappa shape index (κ1) is 12.0. The first-order valence-electron chi connectivity index (χ1n) is 7.48. The van der Waals surface area contributed by atoms with Crippen molar-refractivity contribution < 1.29 is 0 Å². The first-order chi connectivity index (χ1) is 9.28. The number of nitrogens with two attached hydrogens (primary N) is 1. The van der Waals surface area contributed by atoms with E-state index in [-0.39, 0.29) is 0 Å². The average Bonchev–Trinajstić information content (AvgIpc) is 2.39. The maximum Gasteiger partial charge on any atom is 0.187 e. The highest BCUT2D eigenvalue weighted by Crippen LogP contribution is 2.57. The number of nitrogen functional groups attached to an aromatic ring is 1. The van der Waals surface area contributed by atoms with Gasteiger partial charge in [0.1, 0.15) is 0 Å². The lowest BCUT2D eigenvalue weighted by molar-refractivity contribution is -0.0261. The van der Waals surface area contributed by atoms with Crippen LogP contribution >= 0.6 is 11.8 Å². The van der Waals surface area contributed by atoms with E-state index in [0.29, 0.717) is 5.69 Å². The van der Waals surface area contributed by atoms with E-state index in [1.165, 1.54) is 37.9 Å². The van der Waals surface area contributed by atoms with Crippen LogP contribution in [0.15, 0.2) is 17.6 Å². The molecule has 0 spiro atoms. The molecule has 3 nitrogen and oxygen atoms in total. The number of anilines is 1. The zero-order valence-corrected chi connectivity index (χ0v) is 12.0. The van der Waals surface area contributed by atoms with E-state index in [2.05, 4.69) is 9.97 Å². The van der Waals surface area contributed by atoms with Gasteiger partial charge in [0.2, 0.25) is 0 Å². The molecule has 19 heavy (non-hydrogen) atoms. The van der Waals surface area contributed by atoms with Crippen molar-refractivity contribution in [1.29, 1.82) is 0 Å². The molecule has 5 rings (SSSR count). The quantitative estimate of drug-likeness (QED) is 0.680. The summed E-state index contributed by atoms with van der Waals surface area (Å²) in [4.78, 5) is 8.61. The predicted octanol–water partition coefficient (Wildman–Crippen LogP) is 3.22. The molecule has 0 amide bonds. The van der Waals surface area contributed by atoms with E-state index in [9.17, 15) is 0 Å². The number of thioether (sulfide) groups is 1. The number of aromatic nitrogens is 2. The highest BCUT2D eigenvalue weighted by atomic mass is 32.2. The van der Waals surface area contributed by atoms with Gasteiger partial charge in [0.25, 0.3) is 0 Å². The molecule has 4 aliphatic rings. The summed E-state index contributed by atoms with van der Waals surface area (Å²) in [5, 5.41) is 0.892. The Balaban J connectivity index is 1.42. The van der Waals surface area contributed by atoms with Crippen LogP contribution in [0.2, 0.25) is 0 Å². The molecule has 4 saturated carbocycles. The summed E-state index contributed by atoms with van der Waals surface area (Å²) in [6, 6.07) is 0. The van der Waals surface area contributed by atoms with Crippen molar-refractivity contribution in [2.75, 3.05) is 11.5 Å². The second-order valence-corrected chi connectivity index (χ2v) is 7.69. The van der Waals surface area contributed by atoms with Gasteiger partial charge in [-0.1, -0.05) is 11.8 Å². The van der Waals surface area contributed by atoms with Crippen LogP contribution in [0.25, 0.3) is 0 Å². The van der Waals surface area contributed by atoms with E-state index in [1.54, 1.807) is 12.4 Å². The van der Waals surface area contributed by atoms with Gasteiger partial charge in [-0.2, -0.15) is 0 Å². The molecule has 1 heterocycles. The summed E-state index contributed by atoms with van der Waals surface area (Å²) in [6.45, 7) is 0. The van der Waals surface area contributed by atoms with E-state index in [1.807, 2.05) is 11.8 Å². The third-order valence-electron chi connectivity index (χ3n) is 5.47. The molecule has 102 valence electrons. The number of hydrogen-bond acceptors (Lipinski definition) is 4. The summed E-state index contributed by atoms with van der Waals surface area (Å²) >= 11 is 1.83. The third-order valence-corrected chi connectivity index (χ3v) is 6.50. The lowest BCUT2D eigenvalue weighted by Crippen LogP contribution is -2.45. The second kappa shape index (κ2) is 4.65. The summed E-state index contributed by atoms with van der Waals surface area (Å²) in [7, 11) is 0. The second-order valence-electron chi connectivity index (χ2n) is 6.70. The molecule has 1 aromatic heterocycles. The molecular formula is C15H21N3S. The molecule has 4 aliphatic carbocycles. The zero-order valence-electron chi connectivity index (χ0n) is 11.2. The van der Waals surface area contributed by atoms with Crippen molar-refractivity contribution in [2.45, 2.75) is 37.3 Å². The van der Waals surface area contributed by atoms with Crippen molar-refractivity contribution >= 4 is 17.4 Å². The van der Waals surface area contributed by atoms with Crippen LogP contribution in [-0.4, -0.2) is 15.7 Å². The van der Waals surface area contributed by atoms with Gasteiger partial charge in [-0.3, -0.25) is 0 Å². The normalized spacial score (nSPS) is 39.7. The van der Waals surface area contributed by atoms with Crippen molar-refractivity contribution in [3.05, 3.63) is 12.4 Å². The summed E-state index contributed by atoms with van der Waals surface area (Å²) in [6.07, 6.45) is 11.0. The van der Waals surface area contributed by atoms with Crippen molar-refractivity contribution in [3.63, 3.8) is 0 Å². The maximum absolute atomic E-state index is 5.63. The fourth-order valence-corrected chi connectivity index (χ4v) is 6.02. The molecule has 1 aromatic rings. The minimum absolute atomic E-state index is 0.652. The Morgan fingerprint density at radius 1 is 1.00 bits per heavy atom. The minimum Gasteiger partial charge on any atom is -0.396 e. The van der Waals surface area contributed by atoms with Crippen LogP contribution in [0, 0.1) is 29.6 Å². The molecule has 4 bridgehead atoms. The first-order valence-corrected chi connectivity index (χ1v) is 8.47. The SMILES string of the molecule is Nc1cnc(SCC2C3CC4CC(C3)CC2C4)nc1. The standard InChI is InChI=1S/C15H21N3S/c16-13-6-17-15(18-7-13)19-8-14-11-2-9-1-10(4-11)5-12(14)3-9/h6-7,9-12,14H,1-5,8,16H2. The minimum atomic E-state index is 0.652. The molecule has 4 fully saturated rings. The van der Waals surface area contributed by atoms with Gasteiger partial charge in [0.05, 0.1) is 18.1 Å². The number of hydrogen-bond donors (Lipinski definition) is 1. The fourth-order valence-electron chi connectivity index (χ4n) is 4.88. The third kappa shape index (κ3) is 2.24. The molecule has 0 unspecified atom stereocenters. The van der Waals surface area contributed by atoms with Crippen molar-refractivity contribution in [3.8, 4) is 0 Å². The fraction of sp³-hybridized carbons (Fsp3) is 0.733. The lowest BCUT2D eigenvalue weighted by atomic mass is 9.52. The monoisotopic (exact) mass is 275 g/mol. The number of nitrogens with zero attached hydrogens (tertiary/aromatic N) is 2. The molecule has 0 saturated heterocycles. The van der Waals surface area contributed by atoms with Gasteiger partial charge in [-0.15, -0.1) is 0 Å². The Kier molecular flexibility index (Phi) is 2.94. The summed E-state index contributed by atoms with van der Waals surface area (Å²) in [5.74, 6) is 6.25. The van der Waals surface area contributed by atoms with Gasteiger partial charge < -0.3 is 5.73 Å². The lowest BCUT2D eigenvalue weighted by Gasteiger charge is -2.54. The number of rotatable bonds is 3. The molecule has 2 N–H and O–H groups in total. The highest BCUT2D eigenvalue weighted by molar-refractivity contribution is 7.99. The Labute approximate surface area is 118 Å². The van der Waals surface area contributed by atoms with Crippen LogP contribution in [-0.2, 0) is 0 Å². The van der Waals surface area contributed by atoms with Crippen LogP contribution in [0.5, 0.6) is 0 Å². The van der Waals surface area contributed by atoms with Crippen molar-refractivity contribution in [1.82, 2.24) is 9.97 Å². The van der Waals surface area contributed by atoms with E-state index >= 15 is 0 Å². The van der Waals surface area contributed by atoms with Crippen LogP contribution in [0.4, 0.5) is 5.69 Å². The van der Waals surface area contributed by atoms with E-state index in [4.69, 9.17) is 5.73 Å². The molecule has 0 aromatic carbocycles. The summed E-state index contributed by atoms with van der Waals surface area (Å²) in [5.41, 5.74) is 6.28. The van der Waals surface area contributed by atoms with E-state index < -0.39 is 0 Å². The summed E-state index contributed by atoms with van der Waals surface area (Å²) < 4.78 is 0. The van der Waals surface area contributed by atoms with Gasteiger partial charge in [0, 0.05) is 5.75 Å². The van der Waals surface area contributed by atoms with Crippen LogP contribution < -0.4 is 5.73 Å². The maximum atomic E-state index is 5.63. The molecule has 0 atom stereocenters. The van der Waals surface area contributed by atoms with Crippen LogP contribution in [0.3, 0.4) is 0 Å². The molecule has 4 heteroatoms. The zero-order chi connectivity index (χ0) is 12.8. The smallest absolute Gasteiger partial charge is 0.187 e. The largest absolute Gasteiger partial charge is 0.396 e. The van der Waals surface area contributed by atoms with Gasteiger partial charge >= 0.3 is 0 Å². The molecular weight excluding hydrogens is 254 g/mol. The Morgan fingerprint density at radius 2 is 1.58 bits per heavy atom. The van der Waals surface area contributed by atoms with Crippen LogP contribution in [0.1, 0.15) is 32.1 Å². The molecule has 0 radical (unpaired) electrons. The Bertz CT molecular complexity index is 431. The van der Waals surface area contributed by atoms with Gasteiger partial charge in [-0.25, -0.2) is 9.97 Å². The predicted molar refractivity (Wildman–Crippen MR) is 77.7 cm³/mol. The van der Waals surface area contributed by atoms with Crippen molar-refractivity contribution in [2.24, 2.45) is 29.6 Å². The topological polar surface area (TPSA) is 51.8 Å².